The number of nitrogens with zero attached hydrogens (tertiary/aromatic N) is 1. The SMILES string of the molecule is O=C(Cl)c1ncc(O)c(C(F)F)c1F. The smallest absolute Gasteiger partial charge is 0.273 e. The molecule has 0 fully saturated rings. The molecule has 7 heteroatoms. The molecular weight excluding hydrogens is 223 g/mol. The average Bonchev–Trinajstić information content (AvgIpc) is 2.02. The van der Waals surface area contributed by atoms with Gasteiger partial charge in [-0.05, 0) is 11.6 Å². The molecule has 0 atom stereocenters. The van der Waals surface area contributed by atoms with E-state index in [-0.39, 0.29) is 0 Å². The number of aromatic hydroxyl groups is 1. The number of hydrogen-bond acceptors (Lipinski definition) is 3. The van der Waals surface area contributed by atoms with Crippen LogP contribution in [0.5, 0.6) is 5.75 Å². The topological polar surface area (TPSA) is 50.2 Å². The summed E-state index contributed by atoms with van der Waals surface area (Å²) in [5.41, 5.74) is -2.20. The molecule has 3 nitrogen and oxygen atoms in total. The summed E-state index contributed by atoms with van der Waals surface area (Å²) in [6, 6.07) is 0. The lowest BCUT2D eigenvalue weighted by atomic mass is 10.2. The Hall–Kier alpha value is -1.30. The van der Waals surface area contributed by atoms with Crippen molar-refractivity contribution in [3.05, 3.63) is 23.3 Å². The standard InChI is InChI=1S/C7H3ClF3NO2/c8-6(14)5-4(9)3(7(10)11)2(13)1-12-5/h1,7,13H. The summed E-state index contributed by atoms with van der Waals surface area (Å²) in [6.45, 7) is 0. The first-order chi connectivity index (χ1) is 6.45. The predicted octanol–water partition coefficient (Wildman–Crippen LogP) is 2.24. The van der Waals surface area contributed by atoms with Crippen LogP contribution in [0.4, 0.5) is 13.2 Å². The molecule has 0 aromatic carbocycles. The molecule has 1 aromatic heterocycles. The number of carbonyl (C=O) groups excluding carboxylic acids is 1. The molecule has 0 spiro atoms. The zero-order valence-electron chi connectivity index (χ0n) is 6.47. The maximum Gasteiger partial charge on any atom is 0.273 e. The van der Waals surface area contributed by atoms with E-state index in [1.165, 1.54) is 0 Å². The summed E-state index contributed by atoms with van der Waals surface area (Å²) < 4.78 is 37.3. The quantitative estimate of drug-likeness (QED) is 0.786. The molecule has 1 heterocycles. The Morgan fingerprint density at radius 3 is 2.57 bits per heavy atom. The second kappa shape index (κ2) is 3.83. The zero-order chi connectivity index (χ0) is 10.9. The highest BCUT2D eigenvalue weighted by Gasteiger charge is 2.24. The van der Waals surface area contributed by atoms with Crippen LogP contribution in [0.1, 0.15) is 22.5 Å². The Bertz CT molecular complexity index is 383. The summed E-state index contributed by atoms with van der Waals surface area (Å²) in [5, 5.41) is 7.53. The van der Waals surface area contributed by atoms with E-state index in [1.807, 2.05) is 0 Å². The third-order valence-electron chi connectivity index (χ3n) is 1.44. The van der Waals surface area contributed by atoms with Gasteiger partial charge in [0.15, 0.2) is 11.5 Å². The lowest BCUT2D eigenvalue weighted by molar-refractivity contribution is 0.107. The fourth-order valence-electron chi connectivity index (χ4n) is 0.837. The van der Waals surface area contributed by atoms with E-state index in [1.54, 1.807) is 0 Å². The van der Waals surface area contributed by atoms with Crippen molar-refractivity contribution in [3.8, 4) is 5.75 Å². The van der Waals surface area contributed by atoms with E-state index in [4.69, 9.17) is 16.7 Å². The van der Waals surface area contributed by atoms with E-state index < -0.39 is 34.5 Å². The van der Waals surface area contributed by atoms with Crippen molar-refractivity contribution >= 4 is 16.8 Å². The number of rotatable bonds is 2. The van der Waals surface area contributed by atoms with Gasteiger partial charge in [-0.25, -0.2) is 18.2 Å². The summed E-state index contributed by atoms with van der Waals surface area (Å²) >= 11 is 4.87. The molecule has 0 unspecified atom stereocenters. The molecule has 76 valence electrons. The van der Waals surface area contributed by atoms with Gasteiger partial charge in [0.25, 0.3) is 11.7 Å². The largest absolute Gasteiger partial charge is 0.506 e. The van der Waals surface area contributed by atoms with Gasteiger partial charge in [0.05, 0.1) is 11.8 Å². The lowest BCUT2D eigenvalue weighted by Crippen LogP contribution is -2.03. The van der Waals surface area contributed by atoms with Gasteiger partial charge in [-0.1, -0.05) is 0 Å². The highest BCUT2D eigenvalue weighted by atomic mass is 35.5. The van der Waals surface area contributed by atoms with Crippen molar-refractivity contribution in [2.75, 3.05) is 0 Å². The van der Waals surface area contributed by atoms with Crippen LogP contribution in [0, 0.1) is 5.82 Å². The number of aromatic nitrogens is 1. The number of alkyl halides is 2. The van der Waals surface area contributed by atoms with E-state index >= 15 is 0 Å². The van der Waals surface area contributed by atoms with Crippen LogP contribution >= 0.6 is 11.6 Å². The van der Waals surface area contributed by atoms with Gasteiger partial charge in [-0.15, -0.1) is 0 Å². The van der Waals surface area contributed by atoms with Crippen LogP contribution in [0.3, 0.4) is 0 Å². The normalized spacial score (nSPS) is 10.6. The third kappa shape index (κ3) is 1.79. The molecule has 0 aliphatic rings. The Labute approximate surface area is 81.1 Å². The Kier molecular flexibility index (Phi) is 2.95. The van der Waals surface area contributed by atoms with Gasteiger partial charge < -0.3 is 5.11 Å². The predicted molar refractivity (Wildman–Crippen MR) is 41.0 cm³/mol. The molecule has 1 N–H and O–H groups in total. The van der Waals surface area contributed by atoms with Crippen LogP contribution in [0.15, 0.2) is 6.20 Å². The van der Waals surface area contributed by atoms with Gasteiger partial charge in [-0.3, -0.25) is 4.79 Å². The number of pyridine rings is 1. The van der Waals surface area contributed by atoms with Crippen LogP contribution in [0.2, 0.25) is 0 Å². The molecule has 1 rings (SSSR count). The second-order valence-electron chi connectivity index (χ2n) is 2.29. The van der Waals surface area contributed by atoms with Gasteiger partial charge in [-0.2, -0.15) is 0 Å². The van der Waals surface area contributed by atoms with E-state index in [0.717, 1.165) is 0 Å². The minimum absolute atomic E-state index is 0.542. The maximum atomic E-state index is 13.0. The van der Waals surface area contributed by atoms with Crippen molar-refractivity contribution in [1.29, 1.82) is 0 Å². The first kappa shape index (κ1) is 10.8. The van der Waals surface area contributed by atoms with Crippen LogP contribution in [-0.4, -0.2) is 15.3 Å². The first-order valence-corrected chi connectivity index (χ1v) is 3.68. The van der Waals surface area contributed by atoms with E-state index in [2.05, 4.69) is 4.98 Å². The fourth-order valence-corrected chi connectivity index (χ4v) is 0.968. The third-order valence-corrected chi connectivity index (χ3v) is 1.62. The molecular formula is C7H3ClF3NO2. The second-order valence-corrected chi connectivity index (χ2v) is 2.64. The zero-order valence-corrected chi connectivity index (χ0v) is 7.23. The van der Waals surface area contributed by atoms with Crippen LogP contribution in [0.25, 0.3) is 0 Å². The molecule has 1 aromatic rings. The number of halogens is 4. The van der Waals surface area contributed by atoms with Gasteiger partial charge in [0, 0.05) is 0 Å². The van der Waals surface area contributed by atoms with E-state index in [0.29, 0.717) is 6.20 Å². The molecule has 0 bridgehead atoms. The summed E-state index contributed by atoms with van der Waals surface area (Å²) in [5.74, 6) is -2.61. The van der Waals surface area contributed by atoms with Gasteiger partial charge in [0.2, 0.25) is 0 Å². The van der Waals surface area contributed by atoms with Crippen LogP contribution in [-0.2, 0) is 0 Å². The molecule has 0 aliphatic carbocycles. The average molecular weight is 226 g/mol. The van der Waals surface area contributed by atoms with Gasteiger partial charge in [0.1, 0.15) is 5.75 Å². The summed E-state index contributed by atoms with van der Waals surface area (Å²) in [6.07, 6.45) is -2.70. The van der Waals surface area contributed by atoms with Crippen molar-refractivity contribution < 1.29 is 23.1 Å². The highest BCUT2D eigenvalue weighted by molar-refractivity contribution is 6.67. The Balaban J connectivity index is 3.41. The highest BCUT2D eigenvalue weighted by Crippen LogP contribution is 2.31. The molecule has 0 saturated carbocycles. The molecule has 0 aliphatic heterocycles. The fraction of sp³-hybridized carbons (Fsp3) is 0.143. The Morgan fingerprint density at radius 1 is 1.57 bits per heavy atom. The van der Waals surface area contributed by atoms with Gasteiger partial charge >= 0.3 is 0 Å². The molecule has 14 heavy (non-hydrogen) atoms. The minimum atomic E-state index is -3.24. The minimum Gasteiger partial charge on any atom is -0.506 e. The van der Waals surface area contributed by atoms with Crippen molar-refractivity contribution in [1.82, 2.24) is 4.98 Å². The molecule has 0 saturated heterocycles. The monoisotopic (exact) mass is 225 g/mol. The maximum absolute atomic E-state index is 13.0. The summed E-state index contributed by atoms with van der Waals surface area (Å²) in [4.78, 5) is 13.6. The summed E-state index contributed by atoms with van der Waals surface area (Å²) in [7, 11) is 0. The van der Waals surface area contributed by atoms with Crippen LogP contribution < -0.4 is 0 Å². The van der Waals surface area contributed by atoms with Crippen molar-refractivity contribution in [2.45, 2.75) is 6.43 Å². The van der Waals surface area contributed by atoms with Crippen molar-refractivity contribution in [3.63, 3.8) is 0 Å². The Morgan fingerprint density at radius 2 is 2.14 bits per heavy atom. The number of hydrogen-bond donors (Lipinski definition) is 1. The first-order valence-electron chi connectivity index (χ1n) is 3.30. The lowest BCUT2D eigenvalue weighted by Gasteiger charge is -2.05. The molecule has 0 amide bonds. The number of carbonyl (C=O) groups is 1. The molecule has 0 radical (unpaired) electrons. The van der Waals surface area contributed by atoms with E-state index in [9.17, 15) is 18.0 Å². The van der Waals surface area contributed by atoms with Crippen molar-refractivity contribution in [2.24, 2.45) is 0 Å².